The normalized spacial score (nSPS) is 14.6. The first-order valence-electron chi connectivity index (χ1n) is 13.2. The number of fused-ring (bicyclic) bond motifs is 2. The van der Waals surface area contributed by atoms with Gasteiger partial charge in [0, 0.05) is 16.7 Å². The van der Waals surface area contributed by atoms with Crippen molar-refractivity contribution in [1.82, 2.24) is 0 Å². The number of hydrogen-bond donors (Lipinski definition) is 0. The highest BCUT2D eigenvalue weighted by Gasteiger charge is 2.43. The van der Waals surface area contributed by atoms with Crippen LogP contribution in [0.3, 0.4) is 0 Å². The summed E-state index contributed by atoms with van der Waals surface area (Å²) in [5, 5.41) is 52.0. The number of halogens is 2. The molecule has 2 aliphatic carbocycles. The van der Waals surface area contributed by atoms with Crippen LogP contribution in [0.4, 0.5) is 8.78 Å². The van der Waals surface area contributed by atoms with Gasteiger partial charge in [0.15, 0.2) is 0 Å². The van der Waals surface area contributed by atoms with Crippen LogP contribution < -0.4 is 4.74 Å². The molecule has 0 fully saturated rings. The van der Waals surface area contributed by atoms with E-state index < -0.39 is 18.0 Å². The number of rotatable bonds is 4. The highest BCUT2D eigenvalue weighted by Crippen LogP contribution is 2.58. The Balaban J connectivity index is 2.03. The van der Waals surface area contributed by atoms with Crippen molar-refractivity contribution in [2.45, 2.75) is 13.5 Å². The van der Waals surface area contributed by atoms with Crippen molar-refractivity contribution in [3.8, 4) is 36.1 Å². The van der Waals surface area contributed by atoms with E-state index in [1.807, 2.05) is 31.2 Å². The van der Waals surface area contributed by atoms with Gasteiger partial charge in [-0.25, -0.2) is 25.1 Å². The van der Waals surface area contributed by atoms with E-state index in [0.717, 1.165) is 5.56 Å². The smallest absolute Gasteiger partial charge is 0.387 e. The first kappa shape index (κ1) is 30.7. The molecule has 0 N–H and O–H groups in total. The third-order valence-corrected chi connectivity index (χ3v) is 7.54. The molecule has 47 heavy (non-hydrogen) atoms. The quantitative estimate of drug-likeness (QED) is 0.217. The summed E-state index contributed by atoms with van der Waals surface area (Å²) in [7, 11) is 0. The van der Waals surface area contributed by atoms with E-state index in [1.165, 1.54) is 24.3 Å². The summed E-state index contributed by atoms with van der Waals surface area (Å²) in [6, 6.07) is 21.6. The predicted octanol–water partition coefficient (Wildman–Crippen LogP) is 7.90. The zero-order valence-electron chi connectivity index (χ0n) is 23.9. The Labute approximate surface area is 267 Å². The van der Waals surface area contributed by atoms with Crippen LogP contribution in [0.5, 0.6) is 5.75 Å². The number of alkyl halides is 2. The Kier molecular flexibility index (Phi) is 7.87. The van der Waals surface area contributed by atoms with Gasteiger partial charge >= 0.3 is 6.61 Å². The Morgan fingerprint density at radius 1 is 0.681 bits per heavy atom. The van der Waals surface area contributed by atoms with Gasteiger partial charge in [0.1, 0.15) is 17.9 Å². The average Bonchev–Trinajstić information content (AvgIpc) is 3.59. The molecule has 0 bridgehead atoms. The van der Waals surface area contributed by atoms with Gasteiger partial charge in [-0.1, -0.05) is 42.0 Å². The van der Waals surface area contributed by atoms with Crippen molar-refractivity contribution in [1.29, 1.82) is 26.3 Å². The summed E-state index contributed by atoms with van der Waals surface area (Å²) in [6.07, 6.45) is 0. The lowest BCUT2D eigenvalue weighted by molar-refractivity contribution is -0.0498. The zero-order valence-corrected chi connectivity index (χ0v) is 23.9. The van der Waals surface area contributed by atoms with E-state index in [1.54, 1.807) is 30.3 Å². The first-order valence-corrected chi connectivity index (χ1v) is 13.2. The van der Waals surface area contributed by atoms with Crippen LogP contribution in [-0.2, 0) is 0 Å². The van der Waals surface area contributed by atoms with Gasteiger partial charge in [0.05, 0.1) is 54.6 Å². The molecule has 0 heterocycles. The molecule has 5 rings (SSSR count). The summed E-state index contributed by atoms with van der Waals surface area (Å²) in [5.41, 5.74) is -0.965. The maximum Gasteiger partial charge on any atom is 0.387 e. The van der Waals surface area contributed by atoms with Gasteiger partial charge in [-0.15, -0.1) is 0 Å². The molecule has 0 unspecified atom stereocenters. The molecule has 0 aromatic heterocycles. The molecule has 11 heteroatoms. The third kappa shape index (κ3) is 4.61. The molecule has 0 amide bonds. The second-order valence-corrected chi connectivity index (χ2v) is 9.83. The fourth-order valence-corrected chi connectivity index (χ4v) is 5.77. The number of ether oxygens (including phenoxy) is 1. The second-order valence-electron chi connectivity index (χ2n) is 9.83. The lowest BCUT2D eigenvalue weighted by Gasteiger charge is -2.16. The summed E-state index contributed by atoms with van der Waals surface area (Å²) in [6.45, 7) is 22.4. The number of aryl methyl sites for hydroxylation is 1. The van der Waals surface area contributed by atoms with E-state index in [4.69, 9.17) is 19.7 Å². The van der Waals surface area contributed by atoms with Crippen LogP contribution in [0.1, 0.15) is 50.1 Å². The zero-order chi connectivity index (χ0) is 34.0. The van der Waals surface area contributed by atoms with Crippen LogP contribution in [0.2, 0.25) is 0 Å². The van der Waals surface area contributed by atoms with Gasteiger partial charge in [0.25, 0.3) is 11.4 Å². The van der Waals surface area contributed by atoms with Crippen molar-refractivity contribution in [2.75, 3.05) is 0 Å². The first-order chi connectivity index (χ1) is 22.7. The molecular formula is C36H12F2N8O. The lowest BCUT2D eigenvalue weighted by Crippen LogP contribution is -2.04. The maximum absolute atomic E-state index is 12.8. The molecule has 3 aromatic carbocycles. The fraction of sp³-hybridized carbons (Fsp3) is 0.0556. The fourth-order valence-electron chi connectivity index (χ4n) is 5.77. The largest absolute Gasteiger partial charge is 0.435 e. The van der Waals surface area contributed by atoms with Crippen LogP contribution >= 0.6 is 0 Å². The molecule has 216 valence electrons. The molecule has 3 aromatic rings. The molecular weight excluding hydrogens is 598 g/mol. The summed E-state index contributed by atoms with van der Waals surface area (Å²) in [5.74, 6) is -0.211. The van der Waals surface area contributed by atoms with E-state index in [9.17, 15) is 35.1 Å². The van der Waals surface area contributed by atoms with E-state index in [-0.39, 0.29) is 78.3 Å². The highest BCUT2D eigenvalue weighted by molar-refractivity contribution is 6.31. The monoisotopic (exact) mass is 610 g/mol. The molecule has 0 saturated carbocycles. The Hall–Kier alpha value is -7.80. The number of nitriles is 5. The topological polar surface area (TPSA) is 141 Å². The number of benzene rings is 3. The lowest BCUT2D eigenvalue weighted by atomic mass is 9.84. The Morgan fingerprint density at radius 2 is 1.17 bits per heavy atom. The van der Waals surface area contributed by atoms with Gasteiger partial charge in [-0.3, -0.25) is 0 Å². The second kappa shape index (κ2) is 12.1. The molecule has 2 aliphatic rings. The molecule has 0 saturated heterocycles. The van der Waals surface area contributed by atoms with Gasteiger partial charge < -0.3 is 4.74 Å². The third-order valence-electron chi connectivity index (χ3n) is 7.54. The summed E-state index contributed by atoms with van der Waals surface area (Å²) >= 11 is 0. The van der Waals surface area contributed by atoms with E-state index in [2.05, 4.69) is 19.3 Å². The number of hydrogen-bond acceptors (Lipinski definition) is 6. The van der Waals surface area contributed by atoms with Crippen LogP contribution in [0, 0.1) is 83.3 Å². The minimum absolute atomic E-state index is 0.0290. The number of allylic oxidation sites excluding steroid dienone is 7. The van der Waals surface area contributed by atoms with E-state index in [0.29, 0.717) is 5.56 Å². The van der Waals surface area contributed by atoms with Crippen molar-refractivity contribution < 1.29 is 13.5 Å². The van der Waals surface area contributed by atoms with Crippen LogP contribution in [-0.4, -0.2) is 6.61 Å². The maximum atomic E-state index is 12.8. The summed E-state index contributed by atoms with van der Waals surface area (Å²) < 4.78 is 30.1. The van der Waals surface area contributed by atoms with Gasteiger partial charge in [-0.05, 0) is 58.0 Å². The Morgan fingerprint density at radius 3 is 1.64 bits per heavy atom. The molecule has 0 aliphatic heterocycles. The highest BCUT2D eigenvalue weighted by atomic mass is 19.3. The average molecular weight is 611 g/mol. The molecule has 9 nitrogen and oxygen atoms in total. The molecule has 0 radical (unpaired) electrons. The standard InChI is InChI=1S/C36H12F2N8O/c1-18-5-7-20(8-6-18)28-34(26(17-43)45-3)31-23(14-40)29-22(13-39)27(19-9-11-21(12-10-19)47-36(37)38)33(25(16-42)44-2)30(29)24(15-41)32(31)35(28)46-4/h5-12,36H,1H3/b33-25-,34-26+. The van der Waals surface area contributed by atoms with Gasteiger partial charge in [-0.2, -0.15) is 24.6 Å². The minimum Gasteiger partial charge on any atom is -0.435 e. The van der Waals surface area contributed by atoms with Crippen molar-refractivity contribution in [3.05, 3.63) is 144 Å². The SMILES string of the molecule is [C-]#[N+]C1=C(c2ccc(C)cc2)/C(=C(/C#N)[N+]#[C-])c2c(C#N)c3c(c(C#N)c21)/C(=C(/C#N)[N+]#[C-])C(c1ccc(OC(F)F)cc1)=C3C#N. The molecule has 0 spiro atoms. The van der Waals surface area contributed by atoms with Crippen molar-refractivity contribution >= 4 is 33.6 Å². The number of nitrogens with zero attached hydrogens (tertiary/aromatic N) is 8. The summed E-state index contributed by atoms with van der Waals surface area (Å²) in [4.78, 5) is 10.4. The van der Waals surface area contributed by atoms with Crippen LogP contribution in [0.15, 0.2) is 59.9 Å². The minimum atomic E-state index is -3.11. The Bertz CT molecular complexity index is 2390. The van der Waals surface area contributed by atoms with Gasteiger partial charge in [0.2, 0.25) is 5.70 Å². The van der Waals surface area contributed by atoms with E-state index >= 15 is 0 Å². The molecule has 0 atom stereocenters. The van der Waals surface area contributed by atoms with Crippen molar-refractivity contribution in [2.24, 2.45) is 0 Å². The van der Waals surface area contributed by atoms with Crippen molar-refractivity contribution in [3.63, 3.8) is 0 Å². The predicted molar refractivity (Wildman–Crippen MR) is 164 cm³/mol. The van der Waals surface area contributed by atoms with Crippen LogP contribution in [0.25, 0.3) is 48.1 Å².